The highest BCUT2D eigenvalue weighted by molar-refractivity contribution is 6.42. The molecule has 1 aliphatic heterocycles. The van der Waals surface area contributed by atoms with E-state index in [1.165, 1.54) is 0 Å². The molecule has 0 bridgehead atoms. The fraction of sp³-hybridized carbons (Fsp3) is 0.294. The van der Waals surface area contributed by atoms with E-state index in [-0.39, 0.29) is 18.6 Å². The van der Waals surface area contributed by atoms with Crippen LogP contribution in [0.25, 0.3) is 0 Å². The monoisotopic (exact) mass is 366 g/mol. The molecule has 0 N–H and O–H groups in total. The molecule has 24 heavy (non-hydrogen) atoms. The first kappa shape index (κ1) is 17.0. The molecule has 1 aromatic heterocycles. The van der Waals surface area contributed by atoms with Crippen LogP contribution in [0, 0.1) is 0 Å². The zero-order chi connectivity index (χ0) is 16.9. The standard InChI is InChI=1S/C17H16Cl2N2O3/c18-14-4-3-12(8-15(14)19)16-10-21(6-7-23-16)17(22)11-24-13-2-1-5-20-9-13/h1-5,8-9,16H,6-7,10-11H2/t16-/m1/s1. The van der Waals surface area contributed by atoms with Crippen LogP contribution < -0.4 is 4.74 Å². The maximum Gasteiger partial charge on any atom is 0.260 e. The van der Waals surface area contributed by atoms with E-state index < -0.39 is 0 Å². The van der Waals surface area contributed by atoms with E-state index in [1.807, 2.05) is 6.07 Å². The first-order valence-electron chi connectivity index (χ1n) is 7.50. The molecule has 1 fully saturated rings. The summed E-state index contributed by atoms with van der Waals surface area (Å²) in [5.74, 6) is 0.479. The lowest BCUT2D eigenvalue weighted by atomic mass is 10.1. The van der Waals surface area contributed by atoms with Crippen molar-refractivity contribution in [3.05, 3.63) is 58.3 Å². The molecule has 7 heteroatoms. The van der Waals surface area contributed by atoms with Crippen molar-refractivity contribution in [2.24, 2.45) is 0 Å². The molecule has 0 aliphatic carbocycles. The number of benzene rings is 1. The first-order chi connectivity index (χ1) is 11.6. The van der Waals surface area contributed by atoms with Crippen LogP contribution in [-0.2, 0) is 9.53 Å². The third-order valence-corrected chi connectivity index (χ3v) is 4.47. The molecule has 2 heterocycles. The summed E-state index contributed by atoms with van der Waals surface area (Å²) >= 11 is 12.0. The Kier molecular flexibility index (Phi) is 5.56. The first-order valence-corrected chi connectivity index (χ1v) is 8.26. The highest BCUT2D eigenvalue weighted by atomic mass is 35.5. The number of amides is 1. The average molecular weight is 367 g/mol. The van der Waals surface area contributed by atoms with E-state index in [0.29, 0.717) is 35.5 Å². The molecular formula is C17H16Cl2N2O3. The van der Waals surface area contributed by atoms with Gasteiger partial charge in [0.2, 0.25) is 0 Å². The topological polar surface area (TPSA) is 51.7 Å². The van der Waals surface area contributed by atoms with Gasteiger partial charge in [0.1, 0.15) is 11.9 Å². The number of halogens is 2. The van der Waals surface area contributed by atoms with Crippen molar-refractivity contribution in [1.29, 1.82) is 0 Å². The maximum absolute atomic E-state index is 12.3. The number of carbonyl (C=O) groups excluding carboxylic acids is 1. The van der Waals surface area contributed by atoms with Gasteiger partial charge in [0.15, 0.2) is 6.61 Å². The van der Waals surface area contributed by atoms with Gasteiger partial charge in [-0.3, -0.25) is 9.78 Å². The van der Waals surface area contributed by atoms with Crippen LogP contribution in [0.4, 0.5) is 0 Å². The molecular weight excluding hydrogens is 351 g/mol. The average Bonchev–Trinajstić information content (AvgIpc) is 2.63. The predicted molar refractivity (Wildman–Crippen MR) is 91.5 cm³/mol. The highest BCUT2D eigenvalue weighted by Gasteiger charge is 2.26. The van der Waals surface area contributed by atoms with Crippen LogP contribution in [0.15, 0.2) is 42.7 Å². The maximum atomic E-state index is 12.3. The van der Waals surface area contributed by atoms with Gasteiger partial charge in [-0.15, -0.1) is 0 Å². The van der Waals surface area contributed by atoms with Gasteiger partial charge in [-0.05, 0) is 29.8 Å². The molecule has 5 nitrogen and oxygen atoms in total. The Morgan fingerprint density at radius 1 is 1.33 bits per heavy atom. The fourth-order valence-corrected chi connectivity index (χ4v) is 2.77. The van der Waals surface area contributed by atoms with Crippen molar-refractivity contribution >= 4 is 29.1 Å². The van der Waals surface area contributed by atoms with Gasteiger partial charge < -0.3 is 14.4 Å². The van der Waals surface area contributed by atoms with Crippen molar-refractivity contribution < 1.29 is 14.3 Å². The van der Waals surface area contributed by atoms with Crippen molar-refractivity contribution in [3.8, 4) is 5.75 Å². The Balaban J connectivity index is 1.60. The molecule has 0 saturated carbocycles. The number of morpholine rings is 1. The summed E-state index contributed by atoms with van der Waals surface area (Å²) in [7, 11) is 0. The summed E-state index contributed by atoms with van der Waals surface area (Å²) in [6, 6.07) is 8.88. The SMILES string of the molecule is O=C(COc1cccnc1)N1CCO[C@@H](c2ccc(Cl)c(Cl)c2)C1. The molecule has 1 atom stereocenters. The number of hydrogen-bond acceptors (Lipinski definition) is 4. The summed E-state index contributed by atoms with van der Waals surface area (Å²) in [4.78, 5) is 18.0. The Bertz CT molecular complexity index is 712. The molecule has 126 valence electrons. The number of rotatable bonds is 4. The van der Waals surface area contributed by atoms with Gasteiger partial charge in [0.05, 0.1) is 29.4 Å². The molecule has 0 spiro atoms. The van der Waals surface area contributed by atoms with E-state index in [2.05, 4.69) is 4.98 Å². The number of carbonyl (C=O) groups is 1. The second kappa shape index (κ2) is 7.83. The summed E-state index contributed by atoms with van der Waals surface area (Å²) in [6.45, 7) is 1.42. The molecule has 3 rings (SSSR count). The van der Waals surface area contributed by atoms with Crippen molar-refractivity contribution in [3.63, 3.8) is 0 Å². The van der Waals surface area contributed by atoms with Crippen LogP contribution in [0.5, 0.6) is 5.75 Å². The molecule has 0 radical (unpaired) electrons. The Hall–Kier alpha value is -1.82. The number of pyridine rings is 1. The number of ether oxygens (including phenoxy) is 2. The third-order valence-electron chi connectivity index (χ3n) is 3.73. The van der Waals surface area contributed by atoms with Gasteiger partial charge in [0.25, 0.3) is 5.91 Å². The molecule has 0 unspecified atom stereocenters. The van der Waals surface area contributed by atoms with Gasteiger partial charge in [-0.2, -0.15) is 0 Å². The van der Waals surface area contributed by atoms with Crippen LogP contribution in [0.3, 0.4) is 0 Å². The van der Waals surface area contributed by atoms with E-state index in [1.54, 1.807) is 41.6 Å². The number of hydrogen-bond donors (Lipinski definition) is 0. The van der Waals surface area contributed by atoms with Crippen LogP contribution in [0.1, 0.15) is 11.7 Å². The zero-order valence-electron chi connectivity index (χ0n) is 12.8. The second-order valence-electron chi connectivity index (χ2n) is 5.35. The van der Waals surface area contributed by atoms with Crippen LogP contribution in [-0.4, -0.2) is 42.1 Å². The molecule has 1 amide bonds. The van der Waals surface area contributed by atoms with Crippen molar-refractivity contribution in [1.82, 2.24) is 9.88 Å². The quantitative estimate of drug-likeness (QED) is 0.832. The van der Waals surface area contributed by atoms with Crippen molar-refractivity contribution in [2.45, 2.75) is 6.10 Å². The minimum Gasteiger partial charge on any atom is -0.482 e. The zero-order valence-corrected chi connectivity index (χ0v) is 14.3. The van der Waals surface area contributed by atoms with Gasteiger partial charge in [-0.25, -0.2) is 0 Å². The molecule has 1 aliphatic rings. The summed E-state index contributed by atoms with van der Waals surface area (Å²) in [5.41, 5.74) is 0.898. The fourth-order valence-electron chi connectivity index (χ4n) is 2.46. The minimum absolute atomic E-state index is 0.0280. The summed E-state index contributed by atoms with van der Waals surface area (Å²) in [5, 5.41) is 0.968. The highest BCUT2D eigenvalue weighted by Crippen LogP contribution is 2.29. The Morgan fingerprint density at radius 2 is 2.21 bits per heavy atom. The van der Waals surface area contributed by atoms with Gasteiger partial charge >= 0.3 is 0 Å². The molecule has 1 saturated heterocycles. The van der Waals surface area contributed by atoms with E-state index in [0.717, 1.165) is 5.56 Å². The van der Waals surface area contributed by atoms with E-state index in [4.69, 9.17) is 32.7 Å². The largest absolute Gasteiger partial charge is 0.482 e. The lowest BCUT2D eigenvalue weighted by Gasteiger charge is -2.33. The third kappa shape index (κ3) is 4.17. The summed E-state index contributed by atoms with van der Waals surface area (Å²) in [6.07, 6.45) is 3.00. The Labute approximate surface area is 150 Å². The number of nitrogens with zero attached hydrogens (tertiary/aromatic N) is 2. The molecule has 2 aromatic rings. The molecule has 1 aromatic carbocycles. The number of aromatic nitrogens is 1. The minimum atomic E-state index is -0.226. The second-order valence-corrected chi connectivity index (χ2v) is 6.16. The normalized spacial score (nSPS) is 17.6. The van der Waals surface area contributed by atoms with E-state index in [9.17, 15) is 4.79 Å². The lowest BCUT2D eigenvalue weighted by molar-refractivity contribution is -0.141. The summed E-state index contributed by atoms with van der Waals surface area (Å²) < 4.78 is 11.2. The smallest absolute Gasteiger partial charge is 0.260 e. The van der Waals surface area contributed by atoms with Crippen LogP contribution >= 0.6 is 23.2 Å². The van der Waals surface area contributed by atoms with E-state index >= 15 is 0 Å². The van der Waals surface area contributed by atoms with Gasteiger partial charge in [0, 0.05) is 12.7 Å². The van der Waals surface area contributed by atoms with Gasteiger partial charge in [-0.1, -0.05) is 29.3 Å². The predicted octanol–water partition coefficient (Wildman–Crippen LogP) is 3.37. The Morgan fingerprint density at radius 3 is 2.96 bits per heavy atom. The van der Waals surface area contributed by atoms with Crippen LogP contribution in [0.2, 0.25) is 10.0 Å². The lowest BCUT2D eigenvalue weighted by Crippen LogP contribution is -2.44. The van der Waals surface area contributed by atoms with Crippen molar-refractivity contribution in [2.75, 3.05) is 26.3 Å².